The third-order valence-corrected chi connectivity index (χ3v) is 2.68. The highest BCUT2D eigenvalue weighted by molar-refractivity contribution is 6.30. The minimum Gasteiger partial charge on any atom is -0.481 e. The lowest BCUT2D eigenvalue weighted by atomic mass is 10.2. The quantitative estimate of drug-likeness (QED) is 0.559. The van der Waals surface area contributed by atoms with E-state index in [1.54, 1.807) is 24.3 Å². The van der Waals surface area contributed by atoms with Crippen LogP contribution in [0.3, 0.4) is 0 Å². The summed E-state index contributed by atoms with van der Waals surface area (Å²) >= 11 is 5.72. The van der Waals surface area contributed by atoms with Gasteiger partial charge in [0.15, 0.2) is 0 Å². The Morgan fingerprint density at radius 2 is 1.52 bits per heavy atom. The summed E-state index contributed by atoms with van der Waals surface area (Å²) in [5, 5.41) is 16.5. The zero-order valence-corrected chi connectivity index (χ0v) is 11.9. The molecule has 0 aliphatic carbocycles. The summed E-state index contributed by atoms with van der Waals surface area (Å²) in [5.74, 6) is -1.25. The van der Waals surface area contributed by atoms with Crippen molar-refractivity contribution in [3.8, 4) is 0 Å². The van der Waals surface area contributed by atoms with Gasteiger partial charge in [-0.1, -0.05) is 11.6 Å². The first-order chi connectivity index (χ1) is 9.99. The van der Waals surface area contributed by atoms with Gasteiger partial charge < -0.3 is 21.1 Å². The number of urea groups is 1. The SMILES string of the molecule is O=C(O)CCNC(=O)NCCNC(=O)c1ccc(Cl)cc1. The molecule has 1 aromatic carbocycles. The Bertz CT molecular complexity index is 505. The second kappa shape index (κ2) is 8.80. The maximum absolute atomic E-state index is 11.7. The second-order valence-corrected chi connectivity index (χ2v) is 4.53. The van der Waals surface area contributed by atoms with Crippen LogP contribution in [-0.2, 0) is 4.79 Å². The third-order valence-electron chi connectivity index (χ3n) is 2.43. The van der Waals surface area contributed by atoms with Crippen LogP contribution in [0.15, 0.2) is 24.3 Å². The first-order valence-electron chi connectivity index (χ1n) is 6.26. The monoisotopic (exact) mass is 313 g/mol. The predicted molar refractivity (Wildman–Crippen MR) is 77.4 cm³/mol. The van der Waals surface area contributed by atoms with E-state index in [9.17, 15) is 14.4 Å². The van der Waals surface area contributed by atoms with Crippen molar-refractivity contribution in [2.24, 2.45) is 0 Å². The summed E-state index contributed by atoms with van der Waals surface area (Å²) in [7, 11) is 0. The number of carboxylic acid groups (broad SMARTS) is 1. The normalized spacial score (nSPS) is 9.76. The average Bonchev–Trinajstić information content (AvgIpc) is 2.43. The molecule has 0 aromatic heterocycles. The molecule has 0 spiro atoms. The van der Waals surface area contributed by atoms with Crippen LogP contribution in [0.4, 0.5) is 4.79 Å². The van der Waals surface area contributed by atoms with Crippen molar-refractivity contribution >= 4 is 29.5 Å². The lowest BCUT2D eigenvalue weighted by Gasteiger charge is -2.08. The highest BCUT2D eigenvalue weighted by atomic mass is 35.5. The Morgan fingerprint density at radius 1 is 0.952 bits per heavy atom. The van der Waals surface area contributed by atoms with Crippen molar-refractivity contribution in [1.82, 2.24) is 16.0 Å². The Labute approximate surface area is 126 Å². The summed E-state index contributed by atoms with van der Waals surface area (Å²) in [6.07, 6.45) is -0.138. The number of amides is 3. The standard InChI is InChI=1S/C13H16ClN3O4/c14-10-3-1-9(2-4-10)12(20)15-7-8-17-13(21)16-6-5-11(18)19/h1-4H,5-8H2,(H,15,20)(H,18,19)(H2,16,17,21). The number of carboxylic acids is 1. The molecule has 1 rings (SSSR count). The summed E-state index contributed by atoms with van der Waals surface area (Å²) < 4.78 is 0. The van der Waals surface area contributed by atoms with Crippen LogP contribution >= 0.6 is 11.6 Å². The first kappa shape index (κ1) is 16.8. The second-order valence-electron chi connectivity index (χ2n) is 4.09. The number of benzene rings is 1. The van der Waals surface area contributed by atoms with E-state index in [0.717, 1.165) is 0 Å². The molecule has 0 heterocycles. The summed E-state index contributed by atoms with van der Waals surface area (Å²) in [4.78, 5) is 33.2. The number of nitrogens with one attached hydrogen (secondary N) is 3. The van der Waals surface area contributed by atoms with Gasteiger partial charge in [0.2, 0.25) is 0 Å². The Balaban J connectivity index is 2.16. The maximum atomic E-state index is 11.7. The van der Waals surface area contributed by atoms with Crippen molar-refractivity contribution in [2.75, 3.05) is 19.6 Å². The van der Waals surface area contributed by atoms with Crippen molar-refractivity contribution < 1.29 is 19.5 Å². The molecule has 0 bridgehead atoms. The van der Waals surface area contributed by atoms with Gasteiger partial charge in [0.05, 0.1) is 6.42 Å². The molecule has 0 saturated heterocycles. The molecule has 21 heavy (non-hydrogen) atoms. The van der Waals surface area contributed by atoms with Crippen LogP contribution in [0.25, 0.3) is 0 Å². The van der Waals surface area contributed by atoms with E-state index in [4.69, 9.17) is 16.7 Å². The Kier molecular flexibility index (Phi) is 7.03. The number of rotatable bonds is 7. The zero-order chi connectivity index (χ0) is 15.7. The Hall–Kier alpha value is -2.28. The molecule has 0 radical (unpaired) electrons. The van der Waals surface area contributed by atoms with E-state index in [2.05, 4.69) is 16.0 Å². The smallest absolute Gasteiger partial charge is 0.314 e. The van der Waals surface area contributed by atoms with Crippen molar-refractivity contribution in [1.29, 1.82) is 0 Å². The molecule has 7 nitrogen and oxygen atoms in total. The van der Waals surface area contributed by atoms with Crippen molar-refractivity contribution in [2.45, 2.75) is 6.42 Å². The molecule has 4 N–H and O–H groups in total. The van der Waals surface area contributed by atoms with E-state index < -0.39 is 12.0 Å². The molecule has 3 amide bonds. The van der Waals surface area contributed by atoms with Gasteiger partial charge in [0, 0.05) is 30.2 Å². The number of carbonyl (C=O) groups is 3. The van der Waals surface area contributed by atoms with Gasteiger partial charge in [0.25, 0.3) is 5.91 Å². The van der Waals surface area contributed by atoms with Crippen LogP contribution in [0, 0.1) is 0 Å². The topological polar surface area (TPSA) is 108 Å². The van der Waals surface area contributed by atoms with E-state index in [1.165, 1.54) is 0 Å². The number of halogens is 1. The van der Waals surface area contributed by atoms with Gasteiger partial charge in [-0.05, 0) is 24.3 Å². The maximum Gasteiger partial charge on any atom is 0.314 e. The van der Waals surface area contributed by atoms with E-state index >= 15 is 0 Å². The summed E-state index contributed by atoms with van der Waals surface area (Å²) in [6, 6.07) is 5.96. The molecule has 0 unspecified atom stereocenters. The number of carbonyl (C=O) groups excluding carboxylic acids is 2. The van der Waals surface area contributed by atoms with Gasteiger partial charge >= 0.3 is 12.0 Å². The van der Waals surface area contributed by atoms with Gasteiger partial charge in [-0.2, -0.15) is 0 Å². The highest BCUT2D eigenvalue weighted by Gasteiger charge is 2.05. The predicted octanol–water partition coefficient (Wildman–Crippen LogP) is 0.844. The van der Waals surface area contributed by atoms with Gasteiger partial charge in [-0.3, -0.25) is 9.59 Å². The van der Waals surface area contributed by atoms with Crippen molar-refractivity contribution in [3.05, 3.63) is 34.9 Å². The zero-order valence-electron chi connectivity index (χ0n) is 11.2. The molecular weight excluding hydrogens is 298 g/mol. The fourth-order valence-electron chi connectivity index (χ4n) is 1.40. The third kappa shape index (κ3) is 7.17. The number of hydrogen-bond acceptors (Lipinski definition) is 3. The largest absolute Gasteiger partial charge is 0.481 e. The van der Waals surface area contributed by atoms with Gasteiger partial charge in [0.1, 0.15) is 0 Å². The van der Waals surface area contributed by atoms with Gasteiger partial charge in [-0.25, -0.2) is 4.79 Å². The number of hydrogen-bond donors (Lipinski definition) is 4. The average molecular weight is 314 g/mol. The molecule has 8 heteroatoms. The summed E-state index contributed by atoms with van der Waals surface area (Å²) in [6.45, 7) is 0.546. The molecule has 0 fully saturated rings. The molecular formula is C13H16ClN3O4. The van der Waals surface area contributed by atoms with E-state index in [1.807, 2.05) is 0 Å². The minimum atomic E-state index is -0.981. The van der Waals surface area contributed by atoms with Gasteiger partial charge in [-0.15, -0.1) is 0 Å². The molecule has 1 aromatic rings. The first-order valence-corrected chi connectivity index (χ1v) is 6.64. The van der Waals surface area contributed by atoms with Crippen LogP contribution < -0.4 is 16.0 Å². The molecule has 0 aliphatic heterocycles. The van der Waals surface area contributed by atoms with Crippen LogP contribution in [0.1, 0.15) is 16.8 Å². The van der Waals surface area contributed by atoms with Crippen molar-refractivity contribution in [3.63, 3.8) is 0 Å². The molecule has 0 saturated carbocycles. The van der Waals surface area contributed by atoms with E-state index in [0.29, 0.717) is 10.6 Å². The number of aliphatic carboxylic acids is 1. The van der Waals surface area contributed by atoms with E-state index in [-0.39, 0.29) is 32.0 Å². The fraction of sp³-hybridized carbons (Fsp3) is 0.308. The fourth-order valence-corrected chi connectivity index (χ4v) is 1.53. The van der Waals surface area contributed by atoms with Crippen LogP contribution in [0.5, 0.6) is 0 Å². The lowest BCUT2D eigenvalue weighted by Crippen LogP contribution is -2.40. The highest BCUT2D eigenvalue weighted by Crippen LogP contribution is 2.08. The molecule has 0 aliphatic rings. The lowest BCUT2D eigenvalue weighted by molar-refractivity contribution is -0.136. The van der Waals surface area contributed by atoms with Crippen LogP contribution in [0.2, 0.25) is 5.02 Å². The molecule has 114 valence electrons. The van der Waals surface area contributed by atoms with Crippen LogP contribution in [-0.4, -0.2) is 42.6 Å². The Morgan fingerprint density at radius 3 is 2.14 bits per heavy atom. The summed E-state index contributed by atoms with van der Waals surface area (Å²) in [5.41, 5.74) is 0.477. The molecule has 0 atom stereocenters. The minimum absolute atomic E-state index is 0.0539.